The molecule has 0 bridgehead atoms. The molecule has 1 atom stereocenters. The fourth-order valence-electron chi connectivity index (χ4n) is 2.51. The molecule has 1 unspecified atom stereocenters. The zero-order valence-electron chi connectivity index (χ0n) is 11.5. The highest BCUT2D eigenvalue weighted by Gasteiger charge is 2.37. The first kappa shape index (κ1) is 13.5. The topological polar surface area (TPSA) is 74.2 Å². The summed E-state index contributed by atoms with van der Waals surface area (Å²) in [4.78, 5) is 4.44. The Bertz CT molecular complexity index is 379. The molecule has 1 aromatic heterocycles. The number of nitrogens with two attached hydrogens (primary N) is 1. The molecule has 0 radical (unpaired) electrons. The van der Waals surface area contributed by atoms with Crippen LogP contribution in [0.15, 0.2) is 4.52 Å². The first-order chi connectivity index (χ1) is 8.59. The molecular weight excluding hydrogens is 230 g/mol. The highest BCUT2D eigenvalue weighted by atomic mass is 16.5. The van der Waals surface area contributed by atoms with Gasteiger partial charge in [0.15, 0.2) is 0 Å². The summed E-state index contributed by atoms with van der Waals surface area (Å²) < 4.78 is 10.7. The lowest BCUT2D eigenvalue weighted by Crippen LogP contribution is -2.40. The van der Waals surface area contributed by atoms with Crippen LogP contribution < -0.4 is 5.73 Å². The normalized spacial score (nSPS) is 30.3. The molecule has 1 fully saturated rings. The molecule has 5 heteroatoms. The molecule has 0 saturated heterocycles. The zero-order chi connectivity index (χ0) is 13.2. The maximum absolute atomic E-state index is 6.40. The Morgan fingerprint density at radius 1 is 1.50 bits per heavy atom. The molecule has 1 aliphatic carbocycles. The molecule has 1 aliphatic rings. The van der Waals surface area contributed by atoms with Gasteiger partial charge in [0.25, 0.3) is 0 Å². The Morgan fingerprint density at radius 2 is 2.17 bits per heavy atom. The van der Waals surface area contributed by atoms with Crippen LogP contribution in [-0.4, -0.2) is 17.3 Å². The fraction of sp³-hybridized carbons (Fsp3) is 0.846. The minimum absolute atomic E-state index is 0.103. The van der Waals surface area contributed by atoms with E-state index in [2.05, 4.69) is 17.1 Å². The quantitative estimate of drug-likeness (QED) is 0.892. The molecule has 0 spiro atoms. The molecule has 1 heterocycles. The number of rotatable bonds is 4. The number of methoxy groups -OCH3 is 1. The molecule has 1 aromatic rings. The van der Waals surface area contributed by atoms with Gasteiger partial charge >= 0.3 is 0 Å². The van der Waals surface area contributed by atoms with E-state index in [0.29, 0.717) is 11.7 Å². The van der Waals surface area contributed by atoms with E-state index in [-0.39, 0.29) is 6.10 Å². The molecule has 5 nitrogen and oxygen atoms in total. The standard InChI is InChI=1S/C13H23N3O2/c1-4-10(17-3)11-15-12(18-16-11)13(14)7-5-9(2)6-8-13/h9-10H,4-8,14H2,1-3H3. The summed E-state index contributed by atoms with van der Waals surface area (Å²) in [5.41, 5.74) is 5.96. The molecular formula is C13H23N3O2. The Morgan fingerprint density at radius 3 is 2.72 bits per heavy atom. The Balaban J connectivity index is 2.14. The van der Waals surface area contributed by atoms with Crippen molar-refractivity contribution in [3.63, 3.8) is 0 Å². The van der Waals surface area contributed by atoms with Crippen molar-refractivity contribution in [2.75, 3.05) is 7.11 Å². The monoisotopic (exact) mass is 253 g/mol. The molecule has 102 valence electrons. The summed E-state index contributed by atoms with van der Waals surface area (Å²) in [5.74, 6) is 1.92. The van der Waals surface area contributed by atoms with Crippen LogP contribution in [0.5, 0.6) is 0 Å². The first-order valence-corrected chi connectivity index (χ1v) is 6.75. The van der Waals surface area contributed by atoms with Gasteiger partial charge in [0.05, 0.1) is 5.54 Å². The lowest BCUT2D eigenvalue weighted by atomic mass is 9.78. The van der Waals surface area contributed by atoms with E-state index in [1.54, 1.807) is 7.11 Å². The van der Waals surface area contributed by atoms with Crippen LogP contribution >= 0.6 is 0 Å². The van der Waals surface area contributed by atoms with Gasteiger partial charge in [-0.15, -0.1) is 0 Å². The maximum Gasteiger partial charge on any atom is 0.246 e. The van der Waals surface area contributed by atoms with Gasteiger partial charge < -0.3 is 15.0 Å². The van der Waals surface area contributed by atoms with E-state index in [9.17, 15) is 0 Å². The Hall–Kier alpha value is -0.940. The van der Waals surface area contributed by atoms with Crippen molar-refractivity contribution in [1.29, 1.82) is 0 Å². The number of nitrogens with zero attached hydrogens (tertiary/aromatic N) is 2. The van der Waals surface area contributed by atoms with E-state index >= 15 is 0 Å². The van der Waals surface area contributed by atoms with E-state index in [0.717, 1.165) is 38.0 Å². The molecule has 0 amide bonds. The second kappa shape index (κ2) is 5.36. The van der Waals surface area contributed by atoms with E-state index in [1.807, 2.05) is 6.92 Å². The SMILES string of the molecule is CCC(OC)c1noc(C2(N)CCC(C)CC2)n1. The molecule has 18 heavy (non-hydrogen) atoms. The summed E-state index contributed by atoms with van der Waals surface area (Å²) in [6.45, 7) is 4.29. The fourth-order valence-corrected chi connectivity index (χ4v) is 2.51. The van der Waals surface area contributed by atoms with Crippen LogP contribution in [0.1, 0.15) is 63.8 Å². The highest BCUT2D eigenvalue weighted by molar-refractivity contribution is 5.05. The molecule has 1 saturated carbocycles. The van der Waals surface area contributed by atoms with Crippen LogP contribution in [0, 0.1) is 5.92 Å². The van der Waals surface area contributed by atoms with Gasteiger partial charge in [-0.25, -0.2) is 0 Å². The van der Waals surface area contributed by atoms with Crippen LogP contribution in [0.4, 0.5) is 0 Å². The van der Waals surface area contributed by atoms with Gasteiger partial charge in [-0.1, -0.05) is 19.0 Å². The summed E-state index contributed by atoms with van der Waals surface area (Å²) in [5, 5.41) is 4.01. The minimum atomic E-state index is -0.441. The van der Waals surface area contributed by atoms with Crippen molar-refractivity contribution in [2.45, 2.75) is 57.6 Å². The van der Waals surface area contributed by atoms with Crippen molar-refractivity contribution in [1.82, 2.24) is 10.1 Å². The number of hydrogen-bond donors (Lipinski definition) is 1. The summed E-state index contributed by atoms with van der Waals surface area (Å²) in [7, 11) is 1.66. The Labute approximate surface area is 108 Å². The average Bonchev–Trinajstić information content (AvgIpc) is 2.85. The maximum atomic E-state index is 6.40. The lowest BCUT2D eigenvalue weighted by Gasteiger charge is -2.32. The molecule has 2 rings (SSSR count). The number of ether oxygens (including phenoxy) is 1. The van der Waals surface area contributed by atoms with Crippen molar-refractivity contribution in [3.05, 3.63) is 11.7 Å². The van der Waals surface area contributed by atoms with E-state index in [4.69, 9.17) is 15.0 Å². The van der Waals surface area contributed by atoms with Gasteiger partial charge in [0.2, 0.25) is 11.7 Å². The molecule has 2 N–H and O–H groups in total. The third-order valence-electron chi connectivity index (χ3n) is 3.98. The van der Waals surface area contributed by atoms with Crippen LogP contribution in [-0.2, 0) is 10.3 Å². The first-order valence-electron chi connectivity index (χ1n) is 6.75. The highest BCUT2D eigenvalue weighted by Crippen LogP contribution is 2.36. The molecule has 0 aromatic carbocycles. The van der Waals surface area contributed by atoms with Gasteiger partial charge in [-0.3, -0.25) is 0 Å². The number of aromatic nitrogens is 2. The molecule has 0 aliphatic heterocycles. The van der Waals surface area contributed by atoms with E-state index in [1.165, 1.54) is 0 Å². The summed E-state index contributed by atoms with van der Waals surface area (Å²) >= 11 is 0. The van der Waals surface area contributed by atoms with Crippen LogP contribution in [0.2, 0.25) is 0 Å². The van der Waals surface area contributed by atoms with Gasteiger partial charge in [0.1, 0.15) is 6.10 Å². The van der Waals surface area contributed by atoms with Crippen LogP contribution in [0.3, 0.4) is 0 Å². The minimum Gasteiger partial charge on any atom is -0.373 e. The van der Waals surface area contributed by atoms with Crippen molar-refractivity contribution < 1.29 is 9.26 Å². The van der Waals surface area contributed by atoms with Crippen molar-refractivity contribution in [3.8, 4) is 0 Å². The summed E-state index contributed by atoms with van der Waals surface area (Å²) in [6.07, 6.45) is 4.79. The smallest absolute Gasteiger partial charge is 0.246 e. The van der Waals surface area contributed by atoms with Gasteiger partial charge in [-0.2, -0.15) is 4.98 Å². The second-order valence-electron chi connectivity index (χ2n) is 5.43. The van der Waals surface area contributed by atoms with Crippen molar-refractivity contribution in [2.24, 2.45) is 11.7 Å². The predicted molar refractivity (Wildman–Crippen MR) is 67.8 cm³/mol. The predicted octanol–water partition coefficient (Wildman–Crippen LogP) is 2.53. The Kier molecular flexibility index (Phi) is 4.02. The largest absolute Gasteiger partial charge is 0.373 e. The lowest BCUT2D eigenvalue weighted by molar-refractivity contribution is 0.0903. The van der Waals surface area contributed by atoms with Gasteiger partial charge in [-0.05, 0) is 38.0 Å². The summed E-state index contributed by atoms with van der Waals surface area (Å²) in [6, 6.07) is 0. The van der Waals surface area contributed by atoms with Gasteiger partial charge in [0, 0.05) is 7.11 Å². The average molecular weight is 253 g/mol. The number of hydrogen-bond acceptors (Lipinski definition) is 5. The van der Waals surface area contributed by atoms with E-state index < -0.39 is 5.54 Å². The zero-order valence-corrected chi connectivity index (χ0v) is 11.5. The van der Waals surface area contributed by atoms with Crippen molar-refractivity contribution >= 4 is 0 Å². The third kappa shape index (κ3) is 2.57. The van der Waals surface area contributed by atoms with Crippen LogP contribution in [0.25, 0.3) is 0 Å². The third-order valence-corrected chi connectivity index (χ3v) is 3.98. The second-order valence-corrected chi connectivity index (χ2v) is 5.43.